The molecule has 0 aliphatic rings. The van der Waals surface area contributed by atoms with E-state index in [0.29, 0.717) is 39.5 Å². The molecule has 0 aliphatic carbocycles. The quantitative estimate of drug-likeness (QED) is 0.539. The van der Waals surface area contributed by atoms with Crippen molar-refractivity contribution in [3.63, 3.8) is 0 Å². The van der Waals surface area contributed by atoms with Crippen LogP contribution in [-0.2, 0) is 19.7 Å². The molecule has 3 aromatic rings. The Morgan fingerprint density at radius 2 is 1.93 bits per heavy atom. The van der Waals surface area contributed by atoms with E-state index in [9.17, 15) is 4.79 Å². The third-order valence-electron chi connectivity index (χ3n) is 4.11. The number of aryl methyl sites for hydroxylation is 1. The number of halogens is 3. The van der Waals surface area contributed by atoms with Gasteiger partial charge in [0.15, 0.2) is 0 Å². The summed E-state index contributed by atoms with van der Waals surface area (Å²) in [5, 5.41) is 8.35. The Bertz CT molecular complexity index is 989. The first-order valence-corrected chi connectivity index (χ1v) is 9.77. The zero-order valence-corrected chi connectivity index (χ0v) is 17.4. The minimum atomic E-state index is -0.206. The monoisotopic (exact) mass is 437 g/mol. The van der Waals surface area contributed by atoms with E-state index >= 15 is 0 Å². The van der Waals surface area contributed by atoms with Gasteiger partial charge >= 0.3 is 0 Å². The van der Waals surface area contributed by atoms with Gasteiger partial charge < -0.3 is 10.1 Å². The van der Waals surface area contributed by atoms with E-state index in [4.69, 9.17) is 39.5 Å². The van der Waals surface area contributed by atoms with Crippen LogP contribution in [0.1, 0.15) is 28.5 Å². The number of hydrogen-bond donors (Lipinski definition) is 1. The maximum absolute atomic E-state index is 12.5. The van der Waals surface area contributed by atoms with Crippen LogP contribution in [-0.4, -0.2) is 15.7 Å². The lowest BCUT2D eigenvalue weighted by Crippen LogP contribution is -2.24. The first kappa shape index (κ1) is 20.5. The van der Waals surface area contributed by atoms with Gasteiger partial charge in [-0.15, -0.1) is 0 Å². The highest BCUT2D eigenvalue weighted by molar-refractivity contribution is 6.42. The normalized spacial score (nSPS) is 10.7. The molecule has 1 N–H and O–H groups in total. The molecule has 0 spiro atoms. The number of aromatic nitrogens is 2. The maximum atomic E-state index is 12.5. The van der Waals surface area contributed by atoms with Crippen molar-refractivity contribution in [1.82, 2.24) is 15.1 Å². The van der Waals surface area contributed by atoms with E-state index in [1.165, 1.54) is 0 Å². The second-order valence-electron chi connectivity index (χ2n) is 5.98. The number of nitrogens with zero attached hydrogens (tertiary/aromatic N) is 2. The van der Waals surface area contributed by atoms with Gasteiger partial charge in [-0.2, -0.15) is 5.10 Å². The topological polar surface area (TPSA) is 56.2 Å². The summed E-state index contributed by atoms with van der Waals surface area (Å²) in [6.45, 7) is 3.20. The molecule has 0 aliphatic heterocycles. The van der Waals surface area contributed by atoms with Crippen LogP contribution in [0.15, 0.2) is 48.7 Å². The molecule has 1 heterocycles. The fraction of sp³-hybridized carbons (Fsp3) is 0.200. The fourth-order valence-corrected chi connectivity index (χ4v) is 3.22. The highest BCUT2D eigenvalue weighted by Gasteiger charge is 2.12. The average Bonchev–Trinajstić information content (AvgIpc) is 3.07. The number of hydrogen-bond acceptors (Lipinski definition) is 3. The van der Waals surface area contributed by atoms with Crippen molar-refractivity contribution in [3.8, 4) is 5.75 Å². The predicted octanol–water partition coefficient (Wildman–Crippen LogP) is 5.37. The molecule has 0 radical (unpaired) electrons. The molecular weight excluding hydrogens is 421 g/mol. The van der Waals surface area contributed by atoms with E-state index in [1.54, 1.807) is 47.3 Å². The lowest BCUT2D eigenvalue weighted by Gasteiger charge is -2.11. The molecule has 3 rings (SSSR count). The number of rotatable bonds is 7. The van der Waals surface area contributed by atoms with Crippen LogP contribution >= 0.6 is 34.8 Å². The van der Waals surface area contributed by atoms with Crippen molar-refractivity contribution in [3.05, 3.63) is 80.6 Å². The molecular formula is C20H18Cl3N3O2. The maximum Gasteiger partial charge on any atom is 0.251 e. The molecule has 0 atom stereocenters. The summed E-state index contributed by atoms with van der Waals surface area (Å²) in [6, 6.07) is 12.4. The Morgan fingerprint density at radius 3 is 2.71 bits per heavy atom. The van der Waals surface area contributed by atoms with Crippen LogP contribution in [0.3, 0.4) is 0 Å². The number of amides is 1. The van der Waals surface area contributed by atoms with Gasteiger partial charge in [0.25, 0.3) is 5.91 Å². The molecule has 0 bridgehead atoms. The second-order valence-corrected chi connectivity index (χ2v) is 7.17. The standard InChI is InChI=1S/C20H18Cl3N3O2/c1-2-26-17(16(22)10-25-26)11-24-20(27)14-6-3-5-13(9-14)12-28-18-8-4-7-15(21)19(18)23/h3-10H,2,11-12H2,1H3,(H,24,27). The molecule has 1 amide bonds. The molecule has 28 heavy (non-hydrogen) atoms. The Kier molecular flexibility index (Phi) is 6.83. The van der Waals surface area contributed by atoms with Crippen molar-refractivity contribution in [2.24, 2.45) is 0 Å². The summed E-state index contributed by atoms with van der Waals surface area (Å²) >= 11 is 18.3. The van der Waals surface area contributed by atoms with Crippen molar-refractivity contribution in [1.29, 1.82) is 0 Å². The minimum absolute atomic E-state index is 0.206. The van der Waals surface area contributed by atoms with Crippen LogP contribution < -0.4 is 10.1 Å². The molecule has 0 fully saturated rings. The van der Waals surface area contributed by atoms with Crippen molar-refractivity contribution >= 4 is 40.7 Å². The lowest BCUT2D eigenvalue weighted by atomic mass is 10.1. The molecule has 2 aromatic carbocycles. The Hall–Kier alpha value is -2.21. The molecule has 8 heteroatoms. The zero-order valence-electron chi connectivity index (χ0n) is 15.1. The SMILES string of the molecule is CCn1ncc(Cl)c1CNC(=O)c1cccc(COc2cccc(Cl)c2Cl)c1. The Balaban J connectivity index is 1.64. The number of carbonyl (C=O) groups excluding carboxylic acids is 1. The summed E-state index contributed by atoms with van der Waals surface area (Å²) in [6.07, 6.45) is 1.57. The summed E-state index contributed by atoms with van der Waals surface area (Å²) in [5.74, 6) is 0.286. The van der Waals surface area contributed by atoms with E-state index in [2.05, 4.69) is 10.4 Å². The van der Waals surface area contributed by atoms with Crippen molar-refractivity contribution in [2.75, 3.05) is 0 Å². The molecule has 146 valence electrons. The van der Waals surface area contributed by atoms with Crippen molar-refractivity contribution < 1.29 is 9.53 Å². The minimum Gasteiger partial charge on any atom is -0.487 e. The van der Waals surface area contributed by atoms with Gasteiger partial charge in [0.05, 0.1) is 28.5 Å². The summed E-state index contributed by atoms with van der Waals surface area (Å²) in [5.41, 5.74) is 2.13. The first-order valence-electron chi connectivity index (χ1n) is 8.63. The molecule has 5 nitrogen and oxygen atoms in total. The molecule has 0 saturated carbocycles. The highest BCUT2D eigenvalue weighted by Crippen LogP contribution is 2.31. The van der Waals surface area contributed by atoms with Gasteiger partial charge in [0, 0.05) is 12.1 Å². The molecule has 0 saturated heterocycles. The van der Waals surface area contributed by atoms with Gasteiger partial charge in [-0.3, -0.25) is 9.48 Å². The number of ether oxygens (including phenoxy) is 1. The van der Waals surface area contributed by atoms with Crippen LogP contribution in [0, 0.1) is 0 Å². The third kappa shape index (κ3) is 4.79. The lowest BCUT2D eigenvalue weighted by molar-refractivity contribution is 0.0949. The van der Waals surface area contributed by atoms with E-state index in [-0.39, 0.29) is 12.5 Å². The van der Waals surface area contributed by atoms with Gasteiger partial charge in [0.1, 0.15) is 17.4 Å². The summed E-state index contributed by atoms with van der Waals surface area (Å²) in [4.78, 5) is 12.5. The largest absolute Gasteiger partial charge is 0.487 e. The molecule has 1 aromatic heterocycles. The number of benzene rings is 2. The fourth-order valence-electron chi connectivity index (χ4n) is 2.66. The second kappa shape index (κ2) is 9.32. The summed E-state index contributed by atoms with van der Waals surface area (Å²) < 4.78 is 7.48. The van der Waals surface area contributed by atoms with Crippen LogP contribution in [0.4, 0.5) is 0 Å². The number of carbonyl (C=O) groups is 1. The van der Waals surface area contributed by atoms with Gasteiger partial charge in [0.2, 0.25) is 0 Å². The van der Waals surface area contributed by atoms with Crippen molar-refractivity contribution in [2.45, 2.75) is 26.6 Å². The zero-order chi connectivity index (χ0) is 20.1. The number of nitrogens with one attached hydrogen (secondary N) is 1. The van der Waals surface area contributed by atoms with E-state index < -0.39 is 0 Å². The highest BCUT2D eigenvalue weighted by atomic mass is 35.5. The Labute approximate surface area is 178 Å². The van der Waals surface area contributed by atoms with Gasteiger partial charge in [-0.1, -0.05) is 53.0 Å². The third-order valence-corrected chi connectivity index (χ3v) is 5.23. The predicted molar refractivity (Wildman–Crippen MR) is 111 cm³/mol. The van der Waals surface area contributed by atoms with Crippen LogP contribution in [0.25, 0.3) is 0 Å². The van der Waals surface area contributed by atoms with Gasteiger partial charge in [-0.05, 0) is 36.8 Å². The van der Waals surface area contributed by atoms with E-state index in [1.807, 2.05) is 13.0 Å². The summed E-state index contributed by atoms with van der Waals surface area (Å²) in [7, 11) is 0. The first-order chi connectivity index (χ1) is 13.5. The van der Waals surface area contributed by atoms with E-state index in [0.717, 1.165) is 11.3 Å². The Morgan fingerprint density at radius 1 is 1.14 bits per heavy atom. The van der Waals surface area contributed by atoms with Crippen LogP contribution in [0.5, 0.6) is 5.75 Å². The smallest absolute Gasteiger partial charge is 0.251 e. The van der Waals surface area contributed by atoms with Crippen LogP contribution in [0.2, 0.25) is 15.1 Å². The average molecular weight is 439 g/mol. The molecule has 0 unspecified atom stereocenters. The van der Waals surface area contributed by atoms with Gasteiger partial charge in [-0.25, -0.2) is 0 Å².